The lowest BCUT2D eigenvalue weighted by atomic mass is 10.1. The van der Waals surface area contributed by atoms with E-state index in [2.05, 4.69) is 10.6 Å². The van der Waals surface area contributed by atoms with E-state index in [0.717, 1.165) is 11.1 Å². The summed E-state index contributed by atoms with van der Waals surface area (Å²) in [5, 5.41) is 25.8. The normalized spacial score (nSPS) is 10.5. The van der Waals surface area contributed by atoms with E-state index in [1.807, 2.05) is 26.0 Å². The van der Waals surface area contributed by atoms with Crippen LogP contribution in [0.2, 0.25) is 0 Å². The Hall–Kier alpha value is -4.78. The molecule has 35 heavy (non-hydrogen) atoms. The van der Waals surface area contributed by atoms with E-state index in [1.54, 1.807) is 36.4 Å². The predicted molar refractivity (Wildman–Crippen MR) is 135 cm³/mol. The Morgan fingerprint density at radius 2 is 1.06 bits per heavy atom. The first-order chi connectivity index (χ1) is 16.8. The summed E-state index contributed by atoms with van der Waals surface area (Å²) in [5.41, 5.74) is 3.17. The molecular formula is C28H24N2O5. The topological polar surface area (TPSA) is 108 Å². The summed E-state index contributed by atoms with van der Waals surface area (Å²) in [5.74, 6) is -0.294. The molecule has 7 nitrogen and oxygen atoms in total. The molecule has 0 bridgehead atoms. The molecule has 176 valence electrons. The second-order valence-corrected chi connectivity index (χ2v) is 8.11. The van der Waals surface area contributed by atoms with Crippen LogP contribution in [0.5, 0.6) is 23.0 Å². The smallest absolute Gasteiger partial charge is 0.255 e. The van der Waals surface area contributed by atoms with E-state index in [4.69, 9.17) is 4.74 Å². The summed E-state index contributed by atoms with van der Waals surface area (Å²) in [7, 11) is 0. The van der Waals surface area contributed by atoms with Crippen molar-refractivity contribution in [1.82, 2.24) is 0 Å². The lowest BCUT2D eigenvalue weighted by Gasteiger charge is -2.13. The first-order valence-electron chi connectivity index (χ1n) is 10.9. The number of nitrogens with one attached hydrogen (secondary N) is 2. The molecule has 0 saturated heterocycles. The van der Waals surface area contributed by atoms with Crippen molar-refractivity contribution in [3.05, 3.63) is 107 Å². The Morgan fingerprint density at radius 3 is 1.46 bits per heavy atom. The first kappa shape index (κ1) is 23.4. The summed E-state index contributed by atoms with van der Waals surface area (Å²) in [6.07, 6.45) is 0. The fraction of sp³-hybridized carbons (Fsp3) is 0.0714. The first-order valence-corrected chi connectivity index (χ1v) is 10.9. The number of anilines is 2. The molecule has 0 aliphatic carbocycles. The van der Waals surface area contributed by atoms with Crippen molar-refractivity contribution in [2.45, 2.75) is 13.8 Å². The predicted octanol–water partition coefficient (Wildman–Crippen LogP) is 6.01. The van der Waals surface area contributed by atoms with Crippen molar-refractivity contribution >= 4 is 23.2 Å². The molecule has 0 aromatic heterocycles. The van der Waals surface area contributed by atoms with Gasteiger partial charge < -0.3 is 25.6 Å². The van der Waals surface area contributed by atoms with Crippen molar-refractivity contribution in [3.8, 4) is 23.0 Å². The van der Waals surface area contributed by atoms with Crippen LogP contribution in [-0.4, -0.2) is 22.0 Å². The average molecular weight is 469 g/mol. The standard InChI is InChI=1S/C28H24N2O5/c1-17-5-3-7-19(13-17)27(33)29-23-15-21(9-11-25(23)31)35-22-10-12-26(32)24(16-22)30-28(34)20-8-4-6-18(2)14-20/h3-16,31-32H,1-2H3,(H,29,33)(H,30,34). The summed E-state index contributed by atoms with van der Waals surface area (Å²) in [6.45, 7) is 3.77. The Balaban J connectivity index is 1.51. The van der Waals surface area contributed by atoms with Crippen LogP contribution in [0, 0.1) is 13.8 Å². The average Bonchev–Trinajstić information content (AvgIpc) is 2.83. The van der Waals surface area contributed by atoms with Gasteiger partial charge in [0.2, 0.25) is 0 Å². The Labute approximate surface area is 202 Å². The van der Waals surface area contributed by atoms with Gasteiger partial charge in [0.25, 0.3) is 11.8 Å². The molecule has 4 aromatic rings. The van der Waals surface area contributed by atoms with Crippen molar-refractivity contribution in [1.29, 1.82) is 0 Å². The largest absolute Gasteiger partial charge is 0.506 e. The van der Waals surface area contributed by atoms with Gasteiger partial charge in [-0.2, -0.15) is 0 Å². The number of phenols is 2. The highest BCUT2D eigenvalue weighted by atomic mass is 16.5. The van der Waals surface area contributed by atoms with E-state index in [1.165, 1.54) is 36.4 Å². The lowest BCUT2D eigenvalue weighted by molar-refractivity contribution is 0.101. The number of phenolic OH excluding ortho intramolecular Hbond substituents is 2. The zero-order valence-corrected chi connectivity index (χ0v) is 19.2. The van der Waals surface area contributed by atoms with Crippen molar-refractivity contribution in [2.75, 3.05) is 10.6 Å². The number of rotatable bonds is 6. The van der Waals surface area contributed by atoms with Gasteiger partial charge >= 0.3 is 0 Å². The molecule has 0 aliphatic rings. The van der Waals surface area contributed by atoms with Gasteiger partial charge in [0.1, 0.15) is 23.0 Å². The summed E-state index contributed by atoms with van der Waals surface area (Å²) >= 11 is 0. The summed E-state index contributed by atoms with van der Waals surface area (Å²) < 4.78 is 5.86. The van der Waals surface area contributed by atoms with E-state index in [0.29, 0.717) is 22.6 Å². The molecule has 2 amide bonds. The quantitative estimate of drug-likeness (QED) is 0.259. The zero-order valence-electron chi connectivity index (χ0n) is 19.2. The highest BCUT2D eigenvalue weighted by molar-refractivity contribution is 6.06. The molecule has 0 aliphatic heterocycles. The monoisotopic (exact) mass is 468 g/mol. The molecule has 0 fully saturated rings. The van der Waals surface area contributed by atoms with Gasteiger partial charge in [-0.15, -0.1) is 0 Å². The molecule has 0 atom stereocenters. The van der Waals surface area contributed by atoms with Crippen molar-refractivity contribution < 1.29 is 24.5 Å². The second-order valence-electron chi connectivity index (χ2n) is 8.11. The maximum absolute atomic E-state index is 12.6. The van der Waals surface area contributed by atoms with Crippen LogP contribution in [0.1, 0.15) is 31.8 Å². The van der Waals surface area contributed by atoms with Gasteiger partial charge in [-0.1, -0.05) is 35.4 Å². The third-order valence-corrected chi connectivity index (χ3v) is 5.23. The number of aryl methyl sites for hydroxylation is 2. The van der Waals surface area contributed by atoms with Crippen LogP contribution < -0.4 is 15.4 Å². The molecule has 0 spiro atoms. The fourth-order valence-corrected chi connectivity index (χ4v) is 3.46. The van der Waals surface area contributed by atoms with E-state index >= 15 is 0 Å². The van der Waals surface area contributed by atoms with Gasteiger partial charge in [0.05, 0.1) is 11.4 Å². The number of ether oxygens (including phenoxy) is 1. The number of carbonyl (C=O) groups excluding carboxylic acids is 2. The number of carbonyl (C=O) groups is 2. The minimum absolute atomic E-state index is 0.116. The minimum Gasteiger partial charge on any atom is -0.506 e. The summed E-state index contributed by atoms with van der Waals surface area (Å²) in [6, 6.07) is 23.1. The van der Waals surface area contributed by atoms with E-state index < -0.39 is 0 Å². The molecule has 0 radical (unpaired) electrons. The molecule has 4 aromatic carbocycles. The van der Waals surface area contributed by atoms with Gasteiger partial charge in [0, 0.05) is 23.3 Å². The van der Waals surface area contributed by atoms with E-state index in [-0.39, 0.29) is 34.7 Å². The Bertz CT molecular complexity index is 1310. The third-order valence-electron chi connectivity index (χ3n) is 5.23. The van der Waals surface area contributed by atoms with Crippen LogP contribution in [-0.2, 0) is 0 Å². The van der Waals surface area contributed by atoms with Crippen molar-refractivity contribution in [3.63, 3.8) is 0 Å². The van der Waals surface area contributed by atoms with Gasteiger partial charge in [0.15, 0.2) is 0 Å². The number of hydrogen-bond acceptors (Lipinski definition) is 5. The SMILES string of the molecule is Cc1cccc(C(=O)Nc2cc(Oc3ccc(O)c(NC(=O)c4cccc(C)c4)c3)ccc2O)c1. The van der Waals surface area contributed by atoms with Crippen LogP contribution in [0.4, 0.5) is 11.4 Å². The molecule has 4 N–H and O–H groups in total. The van der Waals surface area contributed by atoms with Gasteiger partial charge in [-0.05, 0) is 62.4 Å². The molecular weight excluding hydrogens is 444 g/mol. The molecule has 0 saturated carbocycles. The molecule has 0 heterocycles. The Morgan fingerprint density at radius 1 is 0.629 bits per heavy atom. The highest BCUT2D eigenvalue weighted by Crippen LogP contribution is 2.34. The van der Waals surface area contributed by atoms with E-state index in [9.17, 15) is 19.8 Å². The fourth-order valence-electron chi connectivity index (χ4n) is 3.46. The van der Waals surface area contributed by atoms with Gasteiger partial charge in [-0.25, -0.2) is 0 Å². The molecule has 0 unspecified atom stereocenters. The van der Waals surface area contributed by atoms with Crippen LogP contribution >= 0.6 is 0 Å². The van der Waals surface area contributed by atoms with Crippen LogP contribution in [0.25, 0.3) is 0 Å². The molecule has 7 heteroatoms. The number of aromatic hydroxyl groups is 2. The highest BCUT2D eigenvalue weighted by Gasteiger charge is 2.13. The number of hydrogen-bond donors (Lipinski definition) is 4. The molecule has 4 rings (SSSR count). The minimum atomic E-state index is -0.369. The second kappa shape index (κ2) is 10.0. The van der Waals surface area contributed by atoms with Crippen LogP contribution in [0.3, 0.4) is 0 Å². The number of benzene rings is 4. The van der Waals surface area contributed by atoms with Crippen LogP contribution in [0.15, 0.2) is 84.9 Å². The number of amides is 2. The summed E-state index contributed by atoms with van der Waals surface area (Å²) in [4.78, 5) is 25.2. The lowest BCUT2D eigenvalue weighted by Crippen LogP contribution is -2.12. The van der Waals surface area contributed by atoms with Gasteiger partial charge in [-0.3, -0.25) is 9.59 Å². The zero-order chi connectivity index (χ0) is 24.9. The Kier molecular flexibility index (Phi) is 6.69. The maximum Gasteiger partial charge on any atom is 0.255 e. The third kappa shape index (κ3) is 5.78. The maximum atomic E-state index is 12.6. The van der Waals surface area contributed by atoms with Crippen molar-refractivity contribution in [2.24, 2.45) is 0 Å².